The molecule has 0 amide bonds. The second-order valence-electron chi connectivity index (χ2n) is 5.21. The quantitative estimate of drug-likeness (QED) is 0.844. The molecule has 1 heterocycles. The van der Waals surface area contributed by atoms with Gasteiger partial charge in [-0.25, -0.2) is 4.79 Å². The first-order chi connectivity index (χ1) is 10.0. The van der Waals surface area contributed by atoms with Crippen LogP contribution in [0.25, 0.3) is 0 Å². The summed E-state index contributed by atoms with van der Waals surface area (Å²) >= 11 is 0. The highest BCUT2D eigenvalue weighted by atomic mass is 16.4. The van der Waals surface area contributed by atoms with Crippen molar-refractivity contribution in [3.05, 3.63) is 59.0 Å². The summed E-state index contributed by atoms with van der Waals surface area (Å²) < 4.78 is 5.32. The zero-order valence-electron chi connectivity index (χ0n) is 12.6. The van der Waals surface area contributed by atoms with E-state index in [0.29, 0.717) is 5.76 Å². The number of carboxylic acid groups (broad SMARTS) is 1. The standard InChI is InChI=1S/C17H21NO3/c1-4-13-5-7-14(8-6-13)11(2)18-12(3)15-9-10-16(21-15)17(19)20/h5-12,18H,4H2,1-3H3,(H,19,20). The molecule has 1 aromatic heterocycles. The van der Waals surface area contributed by atoms with Gasteiger partial charge in [0.2, 0.25) is 5.76 Å². The molecule has 0 fully saturated rings. The van der Waals surface area contributed by atoms with Gasteiger partial charge in [0, 0.05) is 6.04 Å². The lowest BCUT2D eigenvalue weighted by Gasteiger charge is -2.19. The molecule has 4 heteroatoms. The van der Waals surface area contributed by atoms with Crippen LogP contribution in [0, 0.1) is 0 Å². The van der Waals surface area contributed by atoms with Crippen molar-refractivity contribution in [3.63, 3.8) is 0 Å². The fraction of sp³-hybridized carbons (Fsp3) is 0.353. The number of hydrogen-bond donors (Lipinski definition) is 2. The van der Waals surface area contributed by atoms with Crippen molar-refractivity contribution in [2.75, 3.05) is 0 Å². The molecule has 2 atom stereocenters. The third kappa shape index (κ3) is 3.73. The number of carboxylic acids is 1. The Morgan fingerprint density at radius 1 is 1.14 bits per heavy atom. The van der Waals surface area contributed by atoms with Crippen molar-refractivity contribution < 1.29 is 14.3 Å². The largest absolute Gasteiger partial charge is 0.475 e. The van der Waals surface area contributed by atoms with Gasteiger partial charge in [0.25, 0.3) is 0 Å². The van der Waals surface area contributed by atoms with Gasteiger partial charge in [-0.2, -0.15) is 0 Å². The molecule has 0 bridgehead atoms. The van der Waals surface area contributed by atoms with Crippen molar-refractivity contribution in [3.8, 4) is 0 Å². The van der Waals surface area contributed by atoms with E-state index >= 15 is 0 Å². The lowest BCUT2D eigenvalue weighted by Crippen LogP contribution is -2.22. The molecule has 0 saturated heterocycles. The number of hydrogen-bond acceptors (Lipinski definition) is 3. The average molecular weight is 287 g/mol. The number of aromatic carboxylic acids is 1. The Kier molecular flexibility index (Phi) is 4.81. The monoisotopic (exact) mass is 287 g/mol. The number of aryl methyl sites for hydroxylation is 1. The molecule has 0 aliphatic rings. The van der Waals surface area contributed by atoms with Crippen molar-refractivity contribution in [2.45, 2.75) is 39.3 Å². The smallest absolute Gasteiger partial charge is 0.371 e. The van der Waals surface area contributed by atoms with Crippen LogP contribution in [-0.2, 0) is 6.42 Å². The summed E-state index contributed by atoms with van der Waals surface area (Å²) in [5.74, 6) is -0.445. The first-order valence-corrected chi connectivity index (χ1v) is 7.19. The highest BCUT2D eigenvalue weighted by Crippen LogP contribution is 2.21. The molecule has 2 aromatic rings. The molecule has 112 valence electrons. The maximum atomic E-state index is 10.8. The minimum absolute atomic E-state index is 0.0291. The molecule has 0 spiro atoms. The van der Waals surface area contributed by atoms with Gasteiger partial charge >= 0.3 is 5.97 Å². The van der Waals surface area contributed by atoms with E-state index in [1.807, 2.05) is 6.92 Å². The van der Waals surface area contributed by atoms with E-state index in [1.54, 1.807) is 6.07 Å². The van der Waals surface area contributed by atoms with Crippen LogP contribution >= 0.6 is 0 Å². The maximum absolute atomic E-state index is 10.8. The molecular formula is C17H21NO3. The lowest BCUT2D eigenvalue weighted by atomic mass is 10.0. The highest BCUT2D eigenvalue weighted by molar-refractivity contribution is 5.84. The van der Waals surface area contributed by atoms with Crippen LogP contribution in [0.4, 0.5) is 0 Å². The van der Waals surface area contributed by atoms with Gasteiger partial charge in [0.1, 0.15) is 5.76 Å². The summed E-state index contributed by atoms with van der Waals surface area (Å²) in [5, 5.41) is 12.3. The number of nitrogens with one attached hydrogen (secondary N) is 1. The molecule has 21 heavy (non-hydrogen) atoms. The minimum Gasteiger partial charge on any atom is -0.475 e. The fourth-order valence-corrected chi connectivity index (χ4v) is 2.30. The third-order valence-electron chi connectivity index (χ3n) is 3.65. The fourth-order valence-electron chi connectivity index (χ4n) is 2.30. The Balaban J connectivity index is 2.03. The average Bonchev–Trinajstić information content (AvgIpc) is 2.97. The van der Waals surface area contributed by atoms with E-state index in [-0.39, 0.29) is 17.8 Å². The lowest BCUT2D eigenvalue weighted by molar-refractivity contribution is 0.0659. The molecular weight excluding hydrogens is 266 g/mol. The Hall–Kier alpha value is -2.07. The van der Waals surface area contributed by atoms with Crippen molar-refractivity contribution in [2.24, 2.45) is 0 Å². The molecule has 0 saturated carbocycles. The van der Waals surface area contributed by atoms with Crippen LogP contribution in [0.5, 0.6) is 0 Å². The van der Waals surface area contributed by atoms with Gasteiger partial charge in [0.05, 0.1) is 6.04 Å². The molecule has 1 aromatic carbocycles. The summed E-state index contributed by atoms with van der Waals surface area (Å²) in [5.41, 5.74) is 2.51. The maximum Gasteiger partial charge on any atom is 0.371 e. The zero-order chi connectivity index (χ0) is 15.4. The van der Waals surface area contributed by atoms with Crippen LogP contribution in [-0.4, -0.2) is 11.1 Å². The Morgan fingerprint density at radius 3 is 2.33 bits per heavy atom. The topological polar surface area (TPSA) is 62.5 Å². The number of carbonyl (C=O) groups is 1. The predicted molar refractivity (Wildman–Crippen MR) is 81.5 cm³/mol. The van der Waals surface area contributed by atoms with E-state index in [4.69, 9.17) is 9.52 Å². The summed E-state index contributed by atoms with van der Waals surface area (Å²) in [7, 11) is 0. The van der Waals surface area contributed by atoms with E-state index in [9.17, 15) is 4.79 Å². The van der Waals surface area contributed by atoms with E-state index in [2.05, 4.69) is 43.4 Å². The van der Waals surface area contributed by atoms with Crippen LogP contribution in [0.15, 0.2) is 40.8 Å². The third-order valence-corrected chi connectivity index (χ3v) is 3.65. The molecule has 2 N–H and O–H groups in total. The number of furan rings is 1. The number of benzene rings is 1. The van der Waals surface area contributed by atoms with E-state index < -0.39 is 5.97 Å². The van der Waals surface area contributed by atoms with Crippen LogP contribution in [0.3, 0.4) is 0 Å². The molecule has 2 unspecified atom stereocenters. The molecule has 0 radical (unpaired) electrons. The highest BCUT2D eigenvalue weighted by Gasteiger charge is 2.16. The van der Waals surface area contributed by atoms with Gasteiger partial charge < -0.3 is 14.8 Å². The normalized spacial score (nSPS) is 13.9. The van der Waals surface area contributed by atoms with Crippen LogP contribution < -0.4 is 5.32 Å². The first kappa shape index (κ1) is 15.3. The number of rotatable bonds is 6. The molecule has 4 nitrogen and oxygen atoms in total. The summed E-state index contributed by atoms with van der Waals surface area (Å²) in [6.07, 6.45) is 1.03. The Morgan fingerprint density at radius 2 is 1.81 bits per heavy atom. The van der Waals surface area contributed by atoms with Crippen molar-refractivity contribution in [1.29, 1.82) is 0 Å². The summed E-state index contributed by atoms with van der Waals surface area (Å²) in [4.78, 5) is 10.8. The van der Waals surface area contributed by atoms with Gasteiger partial charge in [-0.15, -0.1) is 0 Å². The zero-order valence-corrected chi connectivity index (χ0v) is 12.6. The SMILES string of the molecule is CCc1ccc(C(C)NC(C)c2ccc(C(=O)O)o2)cc1. The molecule has 0 aliphatic heterocycles. The summed E-state index contributed by atoms with van der Waals surface area (Å²) in [6, 6.07) is 11.8. The van der Waals surface area contributed by atoms with Gasteiger partial charge in [-0.1, -0.05) is 31.2 Å². The first-order valence-electron chi connectivity index (χ1n) is 7.19. The Labute approximate surface area is 124 Å². The minimum atomic E-state index is -1.04. The van der Waals surface area contributed by atoms with E-state index in [0.717, 1.165) is 6.42 Å². The van der Waals surface area contributed by atoms with Gasteiger partial charge in [0.15, 0.2) is 0 Å². The van der Waals surface area contributed by atoms with Crippen molar-refractivity contribution in [1.82, 2.24) is 5.32 Å². The predicted octanol–water partition coefficient (Wildman–Crippen LogP) is 3.95. The van der Waals surface area contributed by atoms with Crippen molar-refractivity contribution >= 4 is 5.97 Å². The second-order valence-corrected chi connectivity index (χ2v) is 5.21. The van der Waals surface area contributed by atoms with Crippen LogP contribution in [0.2, 0.25) is 0 Å². The Bertz CT molecular complexity index is 601. The second kappa shape index (κ2) is 6.59. The molecule has 2 rings (SSSR count). The summed E-state index contributed by atoms with van der Waals surface area (Å²) in [6.45, 7) is 6.18. The van der Waals surface area contributed by atoms with Crippen LogP contribution in [0.1, 0.15) is 60.3 Å². The van der Waals surface area contributed by atoms with E-state index in [1.165, 1.54) is 17.2 Å². The van der Waals surface area contributed by atoms with Gasteiger partial charge in [-0.3, -0.25) is 0 Å². The van der Waals surface area contributed by atoms with Gasteiger partial charge in [-0.05, 0) is 43.5 Å². The molecule has 0 aliphatic carbocycles.